The first-order chi connectivity index (χ1) is 19.3. The molecule has 3 nitrogen and oxygen atoms in total. The van der Waals surface area contributed by atoms with Gasteiger partial charge in [0.2, 0.25) is 0 Å². The molecule has 0 radical (unpaired) electrons. The Kier molecular flexibility index (Phi) is 7.11. The molecular formula is C35H29N3S. The van der Waals surface area contributed by atoms with Gasteiger partial charge in [-0.1, -0.05) is 117 Å². The lowest BCUT2D eigenvalue weighted by molar-refractivity contribution is 1.02. The predicted octanol–water partition coefficient (Wildman–Crippen LogP) is 9.74. The molecule has 190 valence electrons. The highest BCUT2D eigenvalue weighted by molar-refractivity contribution is 7.19. The number of fused-ring (bicyclic) bond motifs is 3. The summed E-state index contributed by atoms with van der Waals surface area (Å²) in [5, 5.41) is 1.24. The van der Waals surface area contributed by atoms with E-state index in [0.29, 0.717) is 17.5 Å². The number of thiophene rings is 1. The van der Waals surface area contributed by atoms with Gasteiger partial charge < -0.3 is 0 Å². The zero-order valence-corrected chi connectivity index (χ0v) is 23.0. The molecule has 0 atom stereocenters. The lowest BCUT2D eigenvalue weighted by Crippen LogP contribution is -2.01. The van der Waals surface area contributed by atoms with Crippen LogP contribution in [-0.2, 0) is 6.42 Å². The molecule has 2 aromatic heterocycles. The Bertz CT molecular complexity index is 1770. The van der Waals surface area contributed by atoms with Gasteiger partial charge in [0.25, 0.3) is 0 Å². The molecule has 39 heavy (non-hydrogen) atoms. The van der Waals surface area contributed by atoms with E-state index < -0.39 is 0 Å². The van der Waals surface area contributed by atoms with Crippen molar-refractivity contribution in [2.75, 3.05) is 0 Å². The summed E-state index contributed by atoms with van der Waals surface area (Å²) in [6, 6.07) is 35.5. The van der Waals surface area contributed by atoms with E-state index in [1.54, 1.807) is 0 Å². The van der Waals surface area contributed by atoms with Crippen molar-refractivity contribution in [3.8, 4) is 45.3 Å². The third kappa shape index (κ3) is 4.91. The highest BCUT2D eigenvalue weighted by Crippen LogP contribution is 2.41. The molecule has 1 aliphatic rings. The minimum atomic E-state index is 0.679. The van der Waals surface area contributed by atoms with Crippen molar-refractivity contribution >= 4 is 27.5 Å². The van der Waals surface area contributed by atoms with E-state index in [-0.39, 0.29) is 0 Å². The van der Waals surface area contributed by atoms with Crippen LogP contribution in [0.5, 0.6) is 0 Å². The van der Waals surface area contributed by atoms with Crippen LogP contribution in [0.2, 0.25) is 0 Å². The van der Waals surface area contributed by atoms with E-state index >= 15 is 0 Å². The molecule has 4 aromatic carbocycles. The second-order valence-electron chi connectivity index (χ2n) is 9.18. The third-order valence-electron chi connectivity index (χ3n) is 6.79. The predicted molar refractivity (Wildman–Crippen MR) is 166 cm³/mol. The number of hydrogen-bond acceptors (Lipinski definition) is 4. The summed E-state index contributed by atoms with van der Waals surface area (Å²) >= 11 is 1.89. The van der Waals surface area contributed by atoms with Crippen LogP contribution in [0, 0.1) is 0 Å². The van der Waals surface area contributed by atoms with E-state index in [9.17, 15) is 0 Å². The third-order valence-corrected chi connectivity index (χ3v) is 8.02. The van der Waals surface area contributed by atoms with Gasteiger partial charge >= 0.3 is 0 Å². The summed E-state index contributed by atoms with van der Waals surface area (Å²) in [4.78, 5) is 16.5. The summed E-state index contributed by atoms with van der Waals surface area (Å²) in [7, 11) is 0. The van der Waals surface area contributed by atoms with Gasteiger partial charge in [-0.05, 0) is 41.7 Å². The quantitative estimate of drug-likeness (QED) is 0.231. The zero-order valence-electron chi connectivity index (χ0n) is 22.1. The van der Waals surface area contributed by atoms with Crippen LogP contribution in [-0.4, -0.2) is 15.0 Å². The minimum absolute atomic E-state index is 0.679. The molecule has 0 spiro atoms. The van der Waals surface area contributed by atoms with Gasteiger partial charge in [0.15, 0.2) is 17.5 Å². The number of allylic oxidation sites excluding steroid dienone is 1. The zero-order chi connectivity index (χ0) is 26.6. The maximum absolute atomic E-state index is 5.07. The summed E-state index contributed by atoms with van der Waals surface area (Å²) in [5.41, 5.74) is 6.63. The van der Waals surface area contributed by atoms with Gasteiger partial charge in [0.05, 0.1) is 0 Å². The normalized spacial score (nSPS) is 12.1. The SMILES string of the molecule is C1=Cc2c(sc3cccc(-c4nc(-c5ccccc5)nc(-c5cccc(-c6ccccc6)c5)n4)c23)CC1.CC. The van der Waals surface area contributed by atoms with Gasteiger partial charge in [0.1, 0.15) is 0 Å². The van der Waals surface area contributed by atoms with Crippen molar-refractivity contribution in [1.29, 1.82) is 0 Å². The summed E-state index contributed by atoms with van der Waals surface area (Å²) in [6.07, 6.45) is 6.73. The van der Waals surface area contributed by atoms with E-state index in [0.717, 1.165) is 35.1 Å². The van der Waals surface area contributed by atoms with Gasteiger partial charge in [-0.15, -0.1) is 11.3 Å². The molecule has 0 saturated heterocycles. The van der Waals surface area contributed by atoms with Crippen molar-refractivity contribution in [3.63, 3.8) is 0 Å². The smallest absolute Gasteiger partial charge is 0.164 e. The van der Waals surface area contributed by atoms with E-state index in [1.807, 2.05) is 49.4 Å². The standard InChI is InChI=1S/C33H23N3S.C2H6/c1-3-11-22(12-4-1)24-15-9-16-25(21-24)32-34-31(23-13-5-2-6-14-23)35-33(36-32)27-18-10-20-29-30(27)26-17-7-8-19-28(26)37-29;1-2/h1-7,9-18,20-21H,8,19H2;1-2H3. The van der Waals surface area contributed by atoms with E-state index in [4.69, 9.17) is 15.0 Å². The lowest BCUT2D eigenvalue weighted by Gasteiger charge is -2.11. The molecule has 0 aliphatic heterocycles. The molecular weight excluding hydrogens is 494 g/mol. The molecule has 0 saturated carbocycles. The van der Waals surface area contributed by atoms with Crippen molar-refractivity contribution in [2.24, 2.45) is 0 Å². The first-order valence-corrected chi connectivity index (χ1v) is 14.3. The molecule has 0 bridgehead atoms. The van der Waals surface area contributed by atoms with Gasteiger partial charge in [-0.2, -0.15) is 0 Å². The van der Waals surface area contributed by atoms with Crippen LogP contribution in [0.3, 0.4) is 0 Å². The molecule has 0 amide bonds. The van der Waals surface area contributed by atoms with Gasteiger partial charge in [-0.3, -0.25) is 0 Å². The average Bonchev–Trinajstić information content (AvgIpc) is 3.42. The molecule has 2 heterocycles. The van der Waals surface area contributed by atoms with E-state index in [2.05, 4.69) is 91.0 Å². The van der Waals surface area contributed by atoms with Crippen molar-refractivity contribution < 1.29 is 0 Å². The fraction of sp³-hybridized carbons (Fsp3) is 0.114. The number of nitrogens with zero attached hydrogens (tertiary/aromatic N) is 3. The van der Waals surface area contributed by atoms with Crippen LogP contribution in [0.4, 0.5) is 0 Å². The number of rotatable bonds is 4. The summed E-state index contributed by atoms with van der Waals surface area (Å²) in [5.74, 6) is 2.07. The highest BCUT2D eigenvalue weighted by atomic mass is 32.1. The van der Waals surface area contributed by atoms with Crippen molar-refractivity contribution in [2.45, 2.75) is 26.7 Å². The Balaban J connectivity index is 0.00000135. The molecule has 6 aromatic rings. The Morgan fingerprint density at radius 3 is 1.97 bits per heavy atom. The Morgan fingerprint density at radius 1 is 0.590 bits per heavy atom. The topological polar surface area (TPSA) is 38.7 Å². The number of aryl methyl sites for hydroxylation is 1. The second-order valence-corrected chi connectivity index (χ2v) is 10.3. The largest absolute Gasteiger partial charge is 0.208 e. The number of hydrogen-bond donors (Lipinski definition) is 0. The van der Waals surface area contributed by atoms with Crippen molar-refractivity contribution in [1.82, 2.24) is 15.0 Å². The van der Waals surface area contributed by atoms with Crippen LogP contribution >= 0.6 is 11.3 Å². The number of benzene rings is 4. The summed E-state index contributed by atoms with van der Waals surface area (Å²) in [6.45, 7) is 4.00. The Morgan fingerprint density at radius 2 is 1.21 bits per heavy atom. The van der Waals surface area contributed by atoms with Crippen LogP contribution in [0.1, 0.15) is 30.7 Å². The Hall–Kier alpha value is -4.41. The first-order valence-electron chi connectivity index (χ1n) is 13.5. The van der Waals surface area contributed by atoms with Gasteiger partial charge in [0, 0.05) is 31.7 Å². The van der Waals surface area contributed by atoms with Crippen LogP contribution < -0.4 is 0 Å². The first kappa shape index (κ1) is 24.9. The van der Waals surface area contributed by atoms with Crippen LogP contribution in [0.25, 0.3) is 61.5 Å². The minimum Gasteiger partial charge on any atom is -0.208 e. The monoisotopic (exact) mass is 523 g/mol. The highest BCUT2D eigenvalue weighted by Gasteiger charge is 2.19. The lowest BCUT2D eigenvalue weighted by atomic mass is 9.99. The second kappa shape index (κ2) is 11.1. The van der Waals surface area contributed by atoms with E-state index in [1.165, 1.54) is 26.1 Å². The Labute approximate surface area is 233 Å². The fourth-order valence-electron chi connectivity index (χ4n) is 5.00. The molecule has 4 heteroatoms. The maximum Gasteiger partial charge on any atom is 0.164 e. The maximum atomic E-state index is 5.07. The molecule has 0 unspecified atom stereocenters. The molecule has 7 rings (SSSR count). The summed E-state index contributed by atoms with van der Waals surface area (Å²) < 4.78 is 1.28. The van der Waals surface area contributed by atoms with Crippen LogP contribution in [0.15, 0.2) is 109 Å². The fourth-order valence-corrected chi connectivity index (χ4v) is 6.23. The molecule has 0 N–H and O–H groups in total. The van der Waals surface area contributed by atoms with Crippen molar-refractivity contribution in [3.05, 3.63) is 120 Å². The van der Waals surface area contributed by atoms with Gasteiger partial charge in [-0.25, -0.2) is 15.0 Å². The number of aromatic nitrogens is 3. The molecule has 1 aliphatic carbocycles. The molecule has 0 fully saturated rings. The average molecular weight is 524 g/mol.